The molecule has 7 heteroatoms. The van der Waals surface area contributed by atoms with Crippen molar-refractivity contribution in [1.82, 2.24) is 4.98 Å². The minimum atomic E-state index is -0.547. The van der Waals surface area contributed by atoms with Crippen LogP contribution in [0.5, 0.6) is 0 Å². The molecule has 0 aliphatic rings. The number of rotatable bonds is 6. The third-order valence-corrected chi connectivity index (χ3v) is 2.61. The second-order valence-corrected chi connectivity index (χ2v) is 4.83. The number of nitrogen functional groups attached to an aromatic ring is 1. The van der Waals surface area contributed by atoms with Gasteiger partial charge in [0.1, 0.15) is 0 Å². The van der Waals surface area contributed by atoms with Crippen LogP contribution in [0.4, 0.5) is 11.5 Å². The first-order chi connectivity index (χ1) is 9.36. The number of carbonyl (C=O) groups is 2. The number of esters is 1. The molecule has 1 aromatic heterocycles. The van der Waals surface area contributed by atoms with Crippen LogP contribution in [-0.4, -0.2) is 37.1 Å². The third kappa shape index (κ3) is 3.84. The van der Waals surface area contributed by atoms with Gasteiger partial charge in [0.25, 0.3) is 0 Å². The molecule has 4 N–H and O–H groups in total. The van der Waals surface area contributed by atoms with E-state index in [0.29, 0.717) is 12.4 Å². The molecule has 1 amide bonds. The van der Waals surface area contributed by atoms with E-state index in [1.807, 2.05) is 13.8 Å². The lowest BCUT2D eigenvalue weighted by Crippen LogP contribution is -2.37. The lowest BCUT2D eigenvalue weighted by atomic mass is 10.1. The van der Waals surface area contributed by atoms with Crippen molar-refractivity contribution in [3.05, 3.63) is 17.8 Å². The zero-order chi connectivity index (χ0) is 15.3. The molecule has 0 fully saturated rings. The van der Waals surface area contributed by atoms with E-state index < -0.39 is 11.9 Å². The number of hydrogen-bond donors (Lipinski definition) is 2. The molecule has 0 atom stereocenters. The van der Waals surface area contributed by atoms with Crippen LogP contribution < -0.4 is 16.4 Å². The number of methoxy groups -OCH3 is 1. The summed E-state index contributed by atoms with van der Waals surface area (Å²) in [4.78, 5) is 28.6. The normalized spacial score (nSPS) is 10.4. The molecule has 0 saturated heterocycles. The van der Waals surface area contributed by atoms with Crippen molar-refractivity contribution in [2.24, 2.45) is 11.7 Å². The Balaban J connectivity index is 3.19. The molecule has 0 radical (unpaired) electrons. The van der Waals surface area contributed by atoms with Gasteiger partial charge in [-0.25, -0.2) is 9.78 Å². The Bertz CT molecular complexity index is 502. The predicted molar refractivity (Wildman–Crippen MR) is 76.2 cm³/mol. The van der Waals surface area contributed by atoms with Crippen molar-refractivity contribution < 1.29 is 14.3 Å². The van der Waals surface area contributed by atoms with Gasteiger partial charge in [0, 0.05) is 12.7 Å². The molecule has 0 aliphatic carbocycles. The number of ether oxygens (including phenoxy) is 1. The molecule has 0 aliphatic heterocycles. The Labute approximate surface area is 117 Å². The third-order valence-electron chi connectivity index (χ3n) is 2.61. The highest BCUT2D eigenvalue weighted by Gasteiger charge is 2.20. The molecule has 1 rings (SSSR count). The van der Waals surface area contributed by atoms with E-state index in [-0.39, 0.29) is 23.7 Å². The van der Waals surface area contributed by atoms with Crippen LogP contribution in [0.2, 0.25) is 0 Å². The molecule has 0 spiro atoms. The molecule has 0 saturated carbocycles. The van der Waals surface area contributed by atoms with Crippen molar-refractivity contribution in [3.63, 3.8) is 0 Å². The Morgan fingerprint density at radius 2 is 2.10 bits per heavy atom. The molecule has 0 aromatic carbocycles. The summed E-state index contributed by atoms with van der Waals surface area (Å²) in [6, 6.07) is 1.47. The zero-order valence-corrected chi connectivity index (χ0v) is 11.9. The van der Waals surface area contributed by atoms with Crippen molar-refractivity contribution in [2.75, 3.05) is 30.8 Å². The highest BCUT2D eigenvalue weighted by molar-refractivity contribution is 5.98. The van der Waals surface area contributed by atoms with Gasteiger partial charge in [-0.05, 0) is 12.0 Å². The average Bonchev–Trinajstić information content (AvgIpc) is 2.36. The highest BCUT2D eigenvalue weighted by atomic mass is 16.5. The molecule has 0 unspecified atom stereocenters. The molecular weight excluding hydrogens is 260 g/mol. The average molecular weight is 280 g/mol. The lowest BCUT2D eigenvalue weighted by Gasteiger charge is -2.25. The number of hydrogen-bond acceptors (Lipinski definition) is 6. The number of nitrogens with zero attached hydrogens (tertiary/aromatic N) is 2. The Morgan fingerprint density at radius 3 is 2.60 bits per heavy atom. The van der Waals surface area contributed by atoms with Gasteiger partial charge >= 0.3 is 5.97 Å². The summed E-state index contributed by atoms with van der Waals surface area (Å²) < 4.78 is 4.66. The van der Waals surface area contributed by atoms with E-state index >= 15 is 0 Å². The van der Waals surface area contributed by atoms with Crippen molar-refractivity contribution in [3.8, 4) is 0 Å². The maximum Gasteiger partial charge on any atom is 0.340 e. The van der Waals surface area contributed by atoms with Crippen molar-refractivity contribution in [2.45, 2.75) is 13.8 Å². The topological polar surface area (TPSA) is 112 Å². The van der Waals surface area contributed by atoms with Gasteiger partial charge < -0.3 is 21.1 Å². The fourth-order valence-corrected chi connectivity index (χ4v) is 1.86. The van der Waals surface area contributed by atoms with E-state index in [1.165, 1.54) is 19.4 Å². The fraction of sp³-hybridized carbons (Fsp3) is 0.462. The largest absolute Gasteiger partial charge is 0.465 e. The van der Waals surface area contributed by atoms with Gasteiger partial charge in [0.2, 0.25) is 5.91 Å². The standard InChI is InChI=1S/C13H20N4O3/c1-8(2)6-17(7-10(14)18)12-11(15)9(4-5-16-12)13(19)20-3/h4-5,8H,6-7,15H2,1-3H3,(H2,14,18). The monoisotopic (exact) mass is 280 g/mol. The van der Waals surface area contributed by atoms with Crippen molar-refractivity contribution >= 4 is 23.4 Å². The fourth-order valence-electron chi connectivity index (χ4n) is 1.86. The van der Waals surface area contributed by atoms with Gasteiger partial charge in [0.15, 0.2) is 5.82 Å². The van der Waals surface area contributed by atoms with Gasteiger partial charge in [-0.2, -0.15) is 0 Å². The van der Waals surface area contributed by atoms with Gasteiger partial charge in [-0.3, -0.25) is 4.79 Å². The van der Waals surface area contributed by atoms with E-state index in [2.05, 4.69) is 9.72 Å². The predicted octanol–water partition coefficient (Wildman–Crippen LogP) is 0.398. The summed E-state index contributed by atoms with van der Waals surface area (Å²) in [6.45, 7) is 4.52. The summed E-state index contributed by atoms with van der Waals surface area (Å²) in [5, 5.41) is 0. The first-order valence-electron chi connectivity index (χ1n) is 6.22. The first kappa shape index (κ1) is 15.7. The Morgan fingerprint density at radius 1 is 1.45 bits per heavy atom. The molecule has 110 valence electrons. The number of anilines is 2. The second kappa shape index (κ2) is 6.74. The first-order valence-corrected chi connectivity index (χ1v) is 6.22. The molecular formula is C13H20N4O3. The van der Waals surface area contributed by atoms with Crippen LogP contribution in [0.3, 0.4) is 0 Å². The second-order valence-electron chi connectivity index (χ2n) is 4.83. The summed E-state index contributed by atoms with van der Waals surface area (Å²) >= 11 is 0. The lowest BCUT2D eigenvalue weighted by molar-refractivity contribution is -0.116. The quantitative estimate of drug-likeness (QED) is 0.729. The van der Waals surface area contributed by atoms with E-state index in [0.717, 1.165) is 0 Å². The molecule has 1 heterocycles. The molecule has 20 heavy (non-hydrogen) atoms. The molecule has 7 nitrogen and oxygen atoms in total. The van der Waals surface area contributed by atoms with Crippen molar-refractivity contribution in [1.29, 1.82) is 0 Å². The maximum atomic E-state index is 11.6. The zero-order valence-electron chi connectivity index (χ0n) is 11.9. The summed E-state index contributed by atoms with van der Waals surface area (Å²) in [6.07, 6.45) is 1.45. The van der Waals surface area contributed by atoms with Crippen LogP contribution in [0.1, 0.15) is 24.2 Å². The smallest absolute Gasteiger partial charge is 0.340 e. The SMILES string of the molecule is COC(=O)c1ccnc(N(CC(N)=O)CC(C)C)c1N. The Hall–Kier alpha value is -2.31. The van der Waals surface area contributed by atoms with Crippen LogP contribution in [0, 0.1) is 5.92 Å². The van der Waals surface area contributed by atoms with Crippen LogP contribution in [0.25, 0.3) is 0 Å². The van der Waals surface area contributed by atoms with Gasteiger partial charge in [-0.1, -0.05) is 13.8 Å². The Kier molecular flexibility index (Phi) is 5.31. The summed E-state index contributed by atoms with van der Waals surface area (Å²) in [5.74, 6) is -0.400. The van der Waals surface area contributed by atoms with Gasteiger partial charge in [-0.15, -0.1) is 0 Å². The van der Waals surface area contributed by atoms with E-state index in [1.54, 1.807) is 4.90 Å². The van der Waals surface area contributed by atoms with E-state index in [4.69, 9.17) is 11.5 Å². The molecule has 0 bridgehead atoms. The number of aromatic nitrogens is 1. The molecule has 1 aromatic rings. The van der Waals surface area contributed by atoms with Gasteiger partial charge in [0.05, 0.1) is 24.9 Å². The minimum Gasteiger partial charge on any atom is -0.465 e. The summed E-state index contributed by atoms with van der Waals surface area (Å²) in [7, 11) is 1.27. The van der Waals surface area contributed by atoms with Crippen LogP contribution >= 0.6 is 0 Å². The number of nitrogens with two attached hydrogens (primary N) is 2. The van der Waals surface area contributed by atoms with Crippen LogP contribution in [0.15, 0.2) is 12.3 Å². The highest BCUT2D eigenvalue weighted by Crippen LogP contribution is 2.25. The maximum absolute atomic E-state index is 11.6. The number of primary amides is 1. The number of carbonyl (C=O) groups excluding carboxylic acids is 2. The summed E-state index contributed by atoms with van der Waals surface area (Å²) in [5.41, 5.74) is 11.6. The minimum absolute atomic E-state index is 0.0139. The number of pyridine rings is 1. The van der Waals surface area contributed by atoms with E-state index in [9.17, 15) is 9.59 Å². The van der Waals surface area contributed by atoms with Crippen LogP contribution in [-0.2, 0) is 9.53 Å². The number of amides is 1.